The van der Waals surface area contributed by atoms with Crippen LogP contribution in [0.2, 0.25) is 0 Å². The zero-order valence-electron chi connectivity index (χ0n) is 15.2. The molecule has 0 bridgehead atoms. The molecule has 1 aliphatic rings. The Balaban J connectivity index is 1.81. The van der Waals surface area contributed by atoms with Crippen molar-refractivity contribution in [1.29, 1.82) is 0 Å². The van der Waals surface area contributed by atoms with E-state index >= 15 is 0 Å². The minimum atomic E-state index is -0.365. The molecule has 0 N–H and O–H groups in total. The molecule has 3 heterocycles. The lowest BCUT2D eigenvalue weighted by molar-refractivity contribution is 0.0992. The number of allylic oxidation sites excluding steroid dienone is 1. The number of carbonyl (C=O) groups is 1. The third-order valence-electron chi connectivity index (χ3n) is 4.21. The summed E-state index contributed by atoms with van der Waals surface area (Å²) in [5.41, 5.74) is 1.26. The zero-order chi connectivity index (χ0) is 19.0. The second kappa shape index (κ2) is 7.03. The van der Waals surface area contributed by atoms with Crippen LogP contribution >= 0.6 is 11.3 Å². The normalized spacial score (nSPS) is 14.1. The molecule has 1 aromatic carbocycles. The first kappa shape index (κ1) is 17.5. The summed E-state index contributed by atoms with van der Waals surface area (Å²) in [7, 11) is 0. The van der Waals surface area contributed by atoms with Crippen molar-refractivity contribution in [1.82, 2.24) is 14.3 Å². The van der Waals surface area contributed by atoms with Crippen LogP contribution in [0.1, 0.15) is 30.4 Å². The van der Waals surface area contributed by atoms with Crippen LogP contribution < -0.4 is 14.3 Å². The van der Waals surface area contributed by atoms with Crippen LogP contribution in [0.25, 0.3) is 10.2 Å². The summed E-state index contributed by atoms with van der Waals surface area (Å²) in [6.07, 6.45) is 3.57. The first-order chi connectivity index (χ1) is 13.1. The van der Waals surface area contributed by atoms with E-state index in [1.165, 1.54) is 11.3 Å². The van der Waals surface area contributed by atoms with Gasteiger partial charge in [-0.05, 0) is 19.9 Å². The van der Waals surface area contributed by atoms with E-state index in [9.17, 15) is 4.79 Å². The molecule has 1 aliphatic heterocycles. The molecule has 2 aromatic heterocycles. The molecule has 140 valence electrons. The largest absolute Gasteiger partial charge is 0.486 e. The molecular formula is C19H20N4O3S. The Kier molecular flexibility index (Phi) is 4.57. The standard InChI is InChI=1S/C19H20N4O3S/c1-4-6-22-14-10-15-16(26-9-8-25-15)11-17(14)27-19(22)20-18(24)13-5-7-23(21-13)12(2)3/h4-5,7,10-12H,1,6,8-9H2,2-3H3. The molecule has 1 amide bonds. The molecule has 0 unspecified atom stereocenters. The molecule has 27 heavy (non-hydrogen) atoms. The van der Waals surface area contributed by atoms with Gasteiger partial charge in [0.1, 0.15) is 13.2 Å². The van der Waals surface area contributed by atoms with E-state index in [0.717, 1.165) is 10.2 Å². The number of nitrogens with zero attached hydrogens (tertiary/aromatic N) is 4. The van der Waals surface area contributed by atoms with Crippen LogP contribution in [-0.4, -0.2) is 33.5 Å². The maximum absolute atomic E-state index is 12.6. The summed E-state index contributed by atoms with van der Waals surface area (Å²) in [5, 5.41) is 4.31. The molecule has 0 saturated heterocycles. The molecule has 7 nitrogen and oxygen atoms in total. The van der Waals surface area contributed by atoms with E-state index in [0.29, 0.717) is 41.8 Å². The number of fused-ring (bicyclic) bond motifs is 2. The number of amides is 1. The Morgan fingerprint density at radius 1 is 1.37 bits per heavy atom. The van der Waals surface area contributed by atoms with Crippen molar-refractivity contribution in [3.63, 3.8) is 0 Å². The highest BCUT2D eigenvalue weighted by Gasteiger charge is 2.17. The number of carbonyl (C=O) groups excluding carboxylic acids is 1. The van der Waals surface area contributed by atoms with Crippen molar-refractivity contribution in [2.45, 2.75) is 26.4 Å². The van der Waals surface area contributed by atoms with Gasteiger partial charge < -0.3 is 14.0 Å². The molecule has 0 atom stereocenters. The van der Waals surface area contributed by atoms with Crippen molar-refractivity contribution in [2.75, 3.05) is 13.2 Å². The summed E-state index contributed by atoms with van der Waals surface area (Å²) in [5.74, 6) is 1.06. The predicted molar refractivity (Wildman–Crippen MR) is 104 cm³/mol. The van der Waals surface area contributed by atoms with Crippen LogP contribution in [0.4, 0.5) is 0 Å². The van der Waals surface area contributed by atoms with Gasteiger partial charge in [-0.3, -0.25) is 9.48 Å². The van der Waals surface area contributed by atoms with Crippen LogP contribution in [-0.2, 0) is 6.54 Å². The Bertz CT molecular complexity index is 1090. The Hall–Kier alpha value is -2.87. The third kappa shape index (κ3) is 3.28. The van der Waals surface area contributed by atoms with Gasteiger partial charge in [0.05, 0.1) is 10.2 Å². The fourth-order valence-electron chi connectivity index (χ4n) is 2.88. The predicted octanol–water partition coefficient (Wildman–Crippen LogP) is 3.18. The third-order valence-corrected chi connectivity index (χ3v) is 5.25. The van der Waals surface area contributed by atoms with Crippen LogP contribution in [0.15, 0.2) is 42.0 Å². The topological polar surface area (TPSA) is 70.6 Å². The molecule has 0 radical (unpaired) electrons. The summed E-state index contributed by atoms with van der Waals surface area (Å²) in [6.45, 7) is 9.43. The summed E-state index contributed by atoms with van der Waals surface area (Å²) in [4.78, 5) is 17.5. The number of hydrogen-bond acceptors (Lipinski definition) is 5. The van der Waals surface area contributed by atoms with E-state index in [4.69, 9.17) is 9.47 Å². The second-order valence-electron chi connectivity index (χ2n) is 6.44. The van der Waals surface area contributed by atoms with Crippen LogP contribution in [0.3, 0.4) is 0 Å². The number of thiazole rings is 1. The van der Waals surface area contributed by atoms with Gasteiger partial charge in [0.2, 0.25) is 0 Å². The smallest absolute Gasteiger partial charge is 0.300 e. The Labute approximate surface area is 160 Å². The first-order valence-electron chi connectivity index (χ1n) is 8.75. The van der Waals surface area contributed by atoms with Crippen molar-refractivity contribution in [2.24, 2.45) is 4.99 Å². The Morgan fingerprint density at radius 3 is 2.78 bits per heavy atom. The highest BCUT2D eigenvalue weighted by molar-refractivity contribution is 7.16. The number of aromatic nitrogens is 3. The SMILES string of the molecule is C=CCn1c(=NC(=O)c2ccn(C(C)C)n2)sc2cc3c(cc21)OCCO3. The lowest BCUT2D eigenvalue weighted by Crippen LogP contribution is -2.17. The maximum Gasteiger partial charge on any atom is 0.300 e. The maximum atomic E-state index is 12.6. The van der Waals surface area contributed by atoms with Crippen molar-refractivity contribution in [3.05, 3.63) is 47.5 Å². The van der Waals surface area contributed by atoms with Gasteiger partial charge in [0, 0.05) is 30.9 Å². The summed E-state index contributed by atoms with van der Waals surface area (Å²) < 4.78 is 16.0. The van der Waals surface area contributed by atoms with Gasteiger partial charge in [0.15, 0.2) is 22.0 Å². The highest BCUT2D eigenvalue weighted by Crippen LogP contribution is 2.35. The molecule has 0 aliphatic carbocycles. The fourth-order valence-corrected chi connectivity index (χ4v) is 3.93. The van der Waals surface area contributed by atoms with Gasteiger partial charge in [-0.15, -0.1) is 6.58 Å². The molecule has 3 aromatic rings. The fraction of sp³-hybridized carbons (Fsp3) is 0.316. The minimum absolute atomic E-state index is 0.188. The van der Waals surface area contributed by atoms with Crippen molar-refractivity contribution < 1.29 is 14.3 Å². The number of hydrogen-bond donors (Lipinski definition) is 0. The van der Waals surface area contributed by atoms with Gasteiger partial charge in [-0.2, -0.15) is 10.1 Å². The molecule has 0 fully saturated rings. The van der Waals surface area contributed by atoms with Gasteiger partial charge in [-0.1, -0.05) is 17.4 Å². The summed E-state index contributed by atoms with van der Waals surface area (Å²) in [6, 6.07) is 5.75. The molecule has 8 heteroatoms. The molecule has 4 rings (SSSR count). The van der Waals surface area contributed by atoms with Gasteiger partial charge in [0.25, 0.3) is 5.91 Å². The average molecular weight is 384 g/mol. The van der Waals surface area contributed by atoms with E-state index in [1.807, 2.05) is 30.5 Å². The van der Waals surface area contributed by atoms with E-state index in [2.05, 4.69) is 16.7 Å². The summed E-state index contributed by atoms with van der Waals surface area (Å²) >= 11 is 1.43. The number of rotatable bonds is 4. The Morgan fingerprint density at radius 2 is 2.11 bits per heavy atom. The molecule has 0 spiro atoms. The van der Waals surface area contributed by atoms with Gasteiger partial charge in [-0.25, -0.2) is 0 Å². The van der Waals surface area contributed by atoms with Gasteiger partial charge >= 0.3 is 0 Å². The van der Waals surface area contributed by atoms with Crippen LogP contribution in [0.5, 0.6) is 11.5 Å². The lowest BCUT2D eigenvalue weighted by atomic mass is 10.2. The zero-order valence-corrected chi connectivity index (χ0v) is 16.0. The van der Waals surface area contributed by atoms with Crippen molar-refractivity contribution >= 4 is 27.5 Å². The van der Waals surface area contributed by atoms with E-state index in [1.54, 1.807) is 23.0 Å². The number of ether oxygens (including phenoxy) is 2. The second-order valence-corrected chi connectivity index (χ2v) is 7.45. The highest BCUT2D eigenvalue weighted by atomic mass is 32.1. The lowest BCUT2D eigenvalue weighted by Gasteiger charge is -2.18. The average Bonchev–Trinajstić information content (AvgIpc) is 3.26. The molecular weight excluding hydrogens is 364 g/mol. The van der Waals surface area contributed by atoms with E-state index in [-0.39, 0.29) is 11.9 Å². The quantitative estimate of drug-likeness (QED) is 0.648. The first-order valence-corrected chi connectivity index (χ1v) is 9.56. The monoisotopic (exact) mass is 384 g/mol. The molecule has 0 saturated carbocycles. The van der Waals surface area contributed by atoms with Crippen molar-refractivity contribution in [3.8, 4) is 11.5 Å². The minimum Gasteiger partial charge on any atom is -0.486 e. The number of benzene rings is 1. The van der Waals surface area contributed by atoms with E-state index < -0.39 is 0 Å². The van der Waals surface area contributed by atoms with Crippen LogP contribution in [0, 0.1) is 0 Å².